The van der Waals surface area contributed by atoms with Crippen LogP contribution in [0.25, 0.3) is 11.3 Å². The van der Waals surface area contributed by atoms with Crippen molar-refractivity contribution in [3.05, 3.63) is 39.3 Å². The third-order valence-corrected chi connectivity index (χ3v) is 4.21. The third kappa shape index (κ3) is 2.90. The Morgan fingerprint density at radius 1 is 1.21 bits per heavy atom. The van der Waals surface area contributed by atoms with Gasteiger partial charge in [0.25, 0.3) is 0 Å². The number of aryl methyl sites for hydroxylation is 1. The van der Waals surface area contributed by atoms with Crippen molar-refractivity contribution in [3.8, 4) is 11.3 Å². The van der Waals surface area contributed by atoms with Gasteiger partial charge in [0, 0.05) is 18.5 Å². The Labute approximate surface area is 123 Å². The van der Waals surface area contributed by atoms with Crippen molar-refractivity contribution in [2.75, 3.05) is 13.6 Å². The molecule has 0 saturated carbocycles. The van der Waals surface area contributed by atoms with E-state index in [1.165, 1.54) is 22.3 Å². The van der Waals surface area contributed by atoms with Gasteiger partial charge in [0.2, 0.25) is 0 Å². The fourth-order valence-corrected chi connectivity index (χ4v) is 2.68. The van der Waals surface area contributed by atoms with E-state index < -0.39 is 0 Å². The topological polar surface area (TPSA) is 40.7 Å². The number of halogens is 1. The number of hydrogen-bond acceptors (Lipinski definition) is 2. The van der Waals surface area contributed by atoms with Crippen molar-refractivity contribution in [1.29, 1.82) is 0 Å². The van der Waals surface area contributed by atoms with Crippen LogP contribution in [0.5, 0.6) is 0 Å². The standard InChI is InChI=1S/C15H20BrN3/c1-9-5-6-12(11(3)10(9)2)14-15(16)19-13(18-14)7-8-17-4/h5-6,17H,7-8H2,1-4H3,(H,18,19). The zero-order chi connectivity index (χ0) is 14.0. The molecule has 0 spiro atoms. The van der Waals surface area contributed by atoms with E-state index in [0.29, 0.717) is 0 Å². The van der Waals surface area contributed by atoms with Gasteiger partial charge in [-0.3, -0.25) is 0 Å². The lowest BCUT2D eigenvalue weighted by molar-refractivity contribution is 0.764. The number of hydrogen-bond donors (Lipinski definition) is 2. The predicted octanol–water partition coefficient (Wildman–Crippen LogP) is 3.53. The molecule has 2 aromatic rings. The molecule has 0 unspecified atom stereocenters. The minimum Gasteiger partial charge on any atom is -0.336 e. The van der Waals surface area contributed by atoms with E-state index in [9.17, 15) is 0 Å². The molecular formula is C15H20BrN3. The van der Waals surface area contributed by atoms with Crippen LogP contribution >= 0.6 is 15.9 Å². The Balaban J connectivity index is 2.42. The lowest BCUT2D eigenvalue weighted by Crippen LogP contribution is -2.11. The summed E-state index contributed by atoms with van der Waals surface area (Å²) < 4.78 is 0.963. The molecule has 0 saturated heterocycles. The van der Waals surface area contributed by atoms with Crippen LogP contribution in [0.2, 0.25) is 0 Å². The number of likely N-dealkylation sites (N-methyl/N-ethyl adjacent to an activating group) is 1. The highest BCUT2D eigenvalue weighted by atomic mass is 79.9. The Bertz CT molecular complexity index is 587. The van der Waals surface area contributed by atoms with Gasteiger partial charge in [-0.1, -0.05) is 12.1 Å². The second-order valence-corrected chi connectivity index (χ2v) is 5.67. The van der Waals surface area contributed by atoms with Crippen LogP contribution in [-0.2, 0) is 6.42 Å². The molecule has 0 fully saturated rings. The van der Waals surface area contributed by atoms with Gasteiger partial charge < -0.3 is 10.3 Å². The van der Waals surface area contributed by atoms with Crippen molar-refractivity contribution in [1.82, 2.24) is 15.3 Å². The second-order valence-electron chi connectivity index (χ2n) is 4.88. The van der Waals surface area contributed by atoms with Gasteiger partial charge in [0.05, 0.1) is 0 Å². The Morgan fingerprint density at radius 3 is 2.63 bits per heavy atom. The van der Waals surface area contributed by atoms with Crippen LogP contribution in [0.3, 0.4) is 0 Å². The van der Waals surface area contributed by atoms with Gasteiger partial charge in [0.1, 0.15) is 16.1 Å². The zero-order valence-electron chi connectivity index (χ0n) is 11.9. The summed E-state index contributed by atoms with van der Waals surface area (Å²) in [7, 11) is 1.95. The fraction of sp³-hybridized carbons (Fsp3) is 0.400. The lowest BCUT2D eigenvalue weighted by Gasteiger charge is -2.09. The molecule has 3 nitrogen and oxygen atoms in total. The summed E-state index contributed by atoms with van der Waals surface area (Å²) >= 11 is 3.58. The first-order chi connectivity index (χ1) is 9.04. The van der Waals surface area contributed by atoms with E-state index in [2.05, 4.69) is 59.1 Å². The molecule has 1 aromatic heterocycles. The molecule has 0 aliphatic carbocycles. The molecule has 0 atom stereocenters. The summed E-state index contributed by atoms with van der Waals surface area (Å²) in [6.45, 7) is 7.39. The van der Waals surface area contributed by atoms with E-state index in [4.69, 9.17) is 4.98 Å². The van der Waals surface area contributed by atoms with Crippen LogP contribution in [0.1, 0.15) is 22.5 Å². The van der Waals surface area contributed by atoms with Crippen LogP contribution in [0.4, 0.5) is 0 Å². The van der Waals surface area contributed by atoms with E-state index in [1.807, 2.05) is 7.05 Å². The van der Waals surface area contributed by atoms with Gasteiger partial charge in [-0.05, 0) is 60.4 Å². The summed E-state index contributed by atoms with van der Waals surface area (Å²) in [5.74, 6) is 1.01. The lowest BCUT2D eigenvalue weighted by atomic mass is 9.97. The smallest absolute Gasteiger partial charge is 0.110 e. The Morgan fingerprint density at radius 2 is 1.95 bits per heavy atom. The second kappa shape index (κ2) is 5.88. The van der Waals surface area contributed by atoms with E-state index in [1.54, 1.807) is 0 Å². The maximum absolute atomic E-state index is 4.71. The highest BCUT2D eigenvalue weighted by molar-refractivity contribution is 9.10. The first kappa shape index (κ1) is 14.3. The molecule has 19 heavy (non-hydrogen) atoms. The predicted molar refractivity (Wildman–Crippen MR) is 83.6 cm³/mol. The maximum Gasteiger partial charge on any atom is 0.110 e. The average molecular weight is 322 g/mol. The normalized spacial score (nSPS) is 11.0. The van der Waals surface area contributed by atoms with E-state index in [-0.39, 0.29) is 0 Å². The highest BCUT2D eigenvalue weighted by Gasteiger charge is 2.13. The van der Waals surface area contributed by atoms with Crippen molar-refractivity contribution < 1.29 is 0 Å². The van der Waals surface area contributed by atoms with Crippen molar-refractivity contribution in [2.24, 2.45) is 0 Å². The summed E-state index contributed by atoms with van der Waals surface area (Å²) in [5, 5.41) is 3.14. The van der Waals surface area contributed by atoms with Gasteiger partial charge >= 0.3 is 0 Å². The van der Waals surface area contributed by atoms with Crippen molar-refractivity contribution >= 4 is 15.9 Å². The number of benzene rings is 1. The number of H-pyrrole nitrogens is 1. The number of aromatic nitrogens is 2. The van der Waals surface area contributed by atoms with E-state index in [0.717, 1.165) is 29.1 Å². The Hall–Kier alpha value is -1.13. The molecule has 2 N–H and O–H groups in total. The average Bonchev–Trinajstić information content (AvgIpc) is 2.75. The summed E-state index contributed by atoms with van der Waals surface area (Å²) in [4.78, 5) is 8.01. The zero-order valence-corrected chi connectivity index (χ0v) is 13.5. The first-order valence-electron chi connectivity index (χ1n) is 6.50. The summed E-state index contributed by atoms with van der Waals surface area (Å²) in [6.07, 6.45) is 0.902. The van der Waals surface area contributed by atoms with Gasteiger partial charge in [-0.2, -0.15) is 0 Å². The molecule has 0 aliphatic rings. The Kier molecular flexibility index (Phi) is 4.42. The molecule has 0 aliphatic heterocycles. The molecular weight excluding hydrogens is 302 g/mol. The van der Waals surface area contributed by atoms with Crippen molar-refractivity contribution in [3.63, 3.8) is 0 Å². The van der Waals surface area contributed by atoms with Crippen LogP contribution in [0, 0.1) is 20.8 Å². The quantitative estimate of drug-likeness (QED) is 0.904. The van der Waals surface area contributed by atoms with Gasteiger partial charge in [-0.25, -0.2) is 4.98 Å². The summed E-state index contributed by atoms with van der Waals surface area (Å²) in [5.41, 5.74) is 6.16. The van der Waals surface area contributed by atoms with Crippen LogP contribution in [0.15, 0.2) is 16.7 Å². The molecule has 0 radical (unpaired) electrons. The molecule has 1 heterocycles. The maximum atomic E-state index is 4.71. The minimum atomic E-state index is 0.902. The number of nitrogens with zero attached hydrogens (tertiary/aromatic N) is 1. The number of nitrogens with one attached hydrogen (secondary N) is 2. The molecule has 2 rings (SSSR count). The minimum absolute atomic E-state index is 0.902. The van der Waals surface area contributed by atoms with Gasteiger partial charge in [-0.15, -0.1) is 0 Å². The van der Waals surface area contributed by atoms with Crippen LogP contribution in [-0.4, -0.2) is 23.6 Å². The molecule has 1 aromatic carbocycles. The summed E-state index contributed by atoms with van der Waals surface area (Å²) in [6, 6.07) is 4.31. The van der Waals surface area contributed by atoms with Crippen molar-refractivity contribution in [2.45, 2.75) is 27.2 Å². The number of rotatable bonds is 4. The molecule has 0 bridgehead atoms. The highest BCUT2D eigenvalue weighted by Crippen LogP contribution is 2.31. The fourth-order valence-electron chi connectivity index (χ4n) is 2.15. The monoisotopic (exact) mass is 321 g/mol. The largest absolute Gasteiger partial charge is 0.336 e. The molecule has 0 amide bonds. The third-order valence-electron chi connectivity index (χ3n) is 3.63. The SMILES string of the molecule is CNCCc1nc(-c2ccc(C)c(C)c2C)c(Br)[nH]1. The molecule has 102 valence electrons. The number of imidazole rings is 1. The molecule has 4 heteroatoms. The van der Waals surface area contributed by atoms with E-state index >= 15 is 0 Å². The van der Waals surface area contributed by atoms with Gasteiger partial charge in [0.15, 0.2) is 0 Å². The number of aromatic amines is 1. The first-order valence-corrected chi connectivity index (χ1v) is 7.30. The van der Waals surface area contributed by atoms with Crippen LogP contribution < -0.4 is 5.32 Å².